The Morgan fingerprint density at radius 1 is 1.25 bits per heavy atom. The van der Waals surface area contributed by atoms with E-state index in [4.69, 9.17) is 0 Å². The van der Waals surface area contributed by atoms with Gasteiger partial charge in [0.1, 0.15) is 0 Å². The molecular formula is C11H23N. The van der Waals surface area contributed by atoms with Gasteiger partial charge in [0.05, 0.1) is 0 Å². The largest absolute Gasteiger partial charge is 0.394 e. The van der Waals surface area contributed by atoms with Crippen molar-refractivity contribution in [1.29, 1.82) is 0 Å². The Kier molecular flexibility index (Phi) is 14.9. The van der Waals surface area contributed by atoms with Gasteiger partial charge < -0.3 is 5.32 Å². The first-order valence-electron chi connectivity index (χ1n) is 4.72. The lowest BCUT2D eigenvalue weighted by atomic mass is 10.2. The molecule has 0 unspecified atom stereocenters. The van der Waals surface area contributed by atoms with Crippen molar-refractivity contribution in [2.24, 2.45) is 0 Å². The zero-order valence-corrected chi connectivity index (χ0v) is 9.15. The van der Waals surface area contributed by atoms with E-state index >= 15 is 0 Å². The summed E-state index contributed by atoms with van der Waals surface area (Å²) in [6.45, 7) is 8.53. The molecule has 0 saturated heterocycles. The van der Waals surface area contributed by atoms with Crippen LogP contribution < -0.4 is 5.32 Å². The van der Waals surface area contributed by atoms with E-state index in [0.717, 1.165) is 6.42 Å². The fourth-order valence-corrected chi connectivity index (χ4v) is 0.426. The lowest BCUT2D eigenvalue weighted by Gasteiger charge is -1.88. The SMILES string of the molecule is CC/C(C)=C/C=C\NC.CCC. The maximum absolute atomic E-state index is 2.92. The lowest BCUT2D eigenvalue weighted by molar-refractivity contribution is 1.08. The molecule has 0 amide bonds. The second kappa shape index (κ2) is 12.9. The molecule has 0 saturated carbocycles. The van der Waals surface area contributed by atoms with Crippen molar-refractivity contribution in [2.45, 2.75) is 40.5 Å². The highest BCUT2D eigenvalue weighted by Gasteiger charge is 1.76. The molecule has 1 heteroatoms. The monoisotopic (exact) mass is 169 g/mol. The molecule has 0 spiro atoms. The highest BCUT2D eigenvalue weighted by atomic mass is 14.8. The molecule has 0 aliphatic rings. The van der Waals surface area contributed by atoms with Crippen molar-refractivity contribution in [3.8, 4) is 0 Å². The van der Waals surface area contributed by atoms with Crippen molar-refractivity contribution in [3.05, 3.63) is 23.9 Å². The third-order valence-electron chi connectivity index (χ3n) is 1.20. The molecule has 0 atom stereocenters. The maximum atomic E-state index is 2.92. The van der Waals surface area contributed by atoms with Gasteiger partial charge in [-0.2, -0.15) is 0 Å². The Labute approximate surface area is 77.6 Å². The third-order valence-corrected chi connectivity index (χ3v) is 1.20. The van der Waals surface area contributed by atoms with E-state index < -0.39 is 0 Å². The second-order valence-electron chi connectivity index (χ2n) is 2.72. The highest BCUT2D eigenvalue weighted by molar-refractivity contribution is 5.08. The van der Waals surface area contributed by atoms with E-state index in [9.17, 15) is 0 Å². The molecule has 0 aromatic rings. The summed E-state index contributed by atoms with van der Waals surface area (Å²) >= 11 is 0. The van der Waals surface area contributed by atoms with Gasteiger partial charge in [-0.05, 0) is 25.6 Å². The first-order chi connectivity index (χ1) is 5.72. The van der Waals surface area contributed by atoms with Crippen molar-refractivity contribution >= 4 is 0 Å². The Hall–Kier alpha value is -0.720. The van der Waals surface area contributed by atoms with E-state index in [1.807, 2.05) is 19.3 Å². The normalized spacial score (nSPS) is 10.9. The first-order valence-corrected chi connectivity index (χ1v) is 4.72. The zero-order chi connectivity index (χ0) is 9.82. The quantitative estimate of drug-likeness (QED) is 0.638. The van der Waals surface area contributed by atoms with Crippen LogP contribution in [0.5, 0.6) is 0 Å². The molecule has 0 bridgehead atoms. The van der Waals surface area contributed by atoms with Gasteiger partial charge in [-0.3, -0.25) is 0 Å². The molecule has 0 aromatic heterocycles. The predicted octanol–water partition coefficient (Wildman–Crippen LogP) is 3.49. The van der Waals surface area contributed by atoms with Crippen LogP contribution in [0.1, 0.15) is 40.5 Å². The van der Waals surface area contributed by atoms with Gasteiger partial charge in [0.2, 0.25) is 0 Å². The van der Waals surface area contributed by atoms with E-state index in [2.05, 4.69) is 39.1 Å². The lowest BCUT2D eigenvalue weighted by Crippen LogP contribution is -1.89. The van der Waals surface area contributed by atoms with Crippen LogP contribution in [0.4, 0.5) is 0 Å². The molecule has 0 radical (unpaired) electrons. The van der Waals surface area contributed by atoms with E-state index in [1.54, 1.807) is 0 Å². The Bertz CT molecular complexity index is 123. The molecule has 12 heavy (non-hydrogen) atoms. The van der Waals surface area contributed by atoms with Crippen molar-refractivity contribution in [2.75, 3.05) is 7.05 Å². The van der Waals surface area contributed by atoms with Gasteiger partial charge in [-0.15, -0.1) is 0 Å². The number of allylic oxidation sites excluding steroid dienone is 3. The average Bonchev–Trinajstić information content (AvgIpc) is 2.06. The number of rotatable bonds is 3. The van der Waals surface area contributed by atoms with E-state index in [0.29, 0.717) is 0 Å². The summed E-state index contributed by atoms with van der Waals surface area (Å²) in [6, 6.07) is 0. The van der Waals surface area contributed by atoms with Gasteiger partial charge >= 0.3 is 0 Å². The van der Waals surface area contributed by atoms with Crippen LogP contribution in [0.25, 0.3) is 0 Å². The van der Waals surface area contributed by atoms with Gasteiger partial charge in [0, 0.05) is 7.05 Å². The summed E-state index contributed by atoms with van der Waals surface area (Å²) in [7, 11) is 1.89. The third kappa shape index (κ3) is 16.1. The molecule has 0 rings (SSSR count). The van der Waals surface area contributed by atoms with Crippen LogP contribution in [0.3, 0.4) is 0 Å². The van der Waals surface area contributed by atoms with Gasteiger partial charge in [-0.25, -0.2) is 0 Å². The van der Waals surface area contributed by atoms with Gasteiger partial charge in [-0.1, -0.05) is 38.8 Å². The van der Waals surface area contributed by atoms with Crippen LogP contribution in [-0.2, 0) is 0 Å². The Morgan fingerprint density at radius 2 is 1.75 bits per heavy atom. The molecule has 0 aliphatic heterocycles. The van der Waals surface area contributed by atoms with Crippen LogP contribution in [0.2, 0.25) is 0 Å². The van der Waals surface area contributed by atoms with Crippen LogP contribution in [0.15, 0.2) is 23.9 Å². The molecule has 0 aliphatic carbocycles. The summed E-state index contributed by atoms with van der Waals surface area (Å²) in [5, 5.41) is 2.92. The summed E-state index contributed by atoms with van der Waals surface area (Å²) in [6.07, 6.45) is 8.42. The Morgan fingerprint density at radius 3 is 2.08 bits per heavy atom. The minimum absolute atomic E-state index is 1.13. The van der Waals surface area contributed by atoms with E-state index in [-0.39, 0.29) is 0 Å². The second-order valence-corrected chi connectivity index (χ2v) is 2.72. The molecule has 72 valence electrons. The van der Waals surface area contributed by atoms with Crippen LogP contribution in [-0.4, -0.2) is 7.05 Å². The minimum atomic E-state index is 1.13. The van der Waals surface area contributed by atoms with Gasteiger partial charge in [0.15, 0.2) is 0 Å². The molecule has 1 nitrogen and oxygen atoms in total. The zero-order valence-electron chi connectivity index (χ0n) is 9.15. The van der Waals surface area contributed by atoms with E-state index in [1.165, 1.54) is 12.0 Å². The summed E-state index contributed by atoms with van der Waals surface area (Å²) in [5.74, 6) is 0. The first kappa shape index (κ1) is 13.8. The average molecular weight is 169 g/mol. The van der Waals surface area contributed by atoms with Crippen molar-refractivity contribution < 1.29 is 0 Å². The number of nitrogens with one attached hydrogen (secondary N) is 1. The molecule has 0 fully saturated rings. The molecule has 1 N–H and O–H groups in total. The summed E-state index contributed by atoms with van der Waals surface area (Å²) in [5.41, 5.74) is 1.40. The molecule has 0 aromatic carbocycles. The number of hydrogen-bond donors (Lipinski definition) is 1. The van der Waals surface area contributed by atoms with Crippen LogP contribution in [0, 0.1) is 0 Å². The predicted molar refractivity (Wildman–Crippen MR) is 58.2 cm³/mol. The minimum Gasteiger partial charge on any atom is -0.394 e. The fraction of sp³-hybridized carbons (Fsp3) is 0.636. The summed E-state index contributed by atoms with van der Waals surface area (Å²) in [4.78, 5) is 0. The Balaban J connectivity index is 0. The van der Waals surface area contributed by atoms with Crippen molar-refractivity contribution in [1.82, 2.24) is 5.32 Å². The maximum Gasteiger partial charge on any atom is 0.00277 e. The highest BCUT2D eigenvalue weighted by Crippen LogP contribution is 1.96. The molecule has 0 heterocycles. The summed E-state index contributed by atoms with van der Waals surface area (Å²) < 4.78 is 0. The number of hydrogen-bond acceptors (Lipinski definition) is 1. The van der Waals surface area contributed by atoms with Crippen LogP contribution >= 0.6 is 0 Å². The molecular weight excluding hydrogens is 146 g/mol. The fourth-order valence-electron chi connectivity index (χ4n) is 0.426. The van der Waals surface area contributed by atoms with Crippen molar-refractivity contribution in [3.63, 3.8) is 0 Å². The standard InChI is InChI=1S/C8H15N.C3H8/c1-4-8(2)6-5-7-9-3;1-3-2/h5-7,9H,4H2,1-3H3;3H2,1-2H3/b7-5-,8-6+;. The smallest absolute Gasteiger partial charge is 0.00277 e. The van der Waals surface area contributed by atoms with Gasteiger partial charge in [0.25, 0.3) is 0 Å². The topological polar surface area (TPSA) is 12.0 Å².